The smallest absolute Gasteiger partial charge is 0.364 e. The van der Waals surface area contributed by atoms with Gasteiger partial charge in [0.1, 0.15) is 0 Å². The van der Waals surface area contributed by atoms with E-state index in [0.29, 0.717) is 50.6 Å². The van der Waals surface area contributed by atoms with Crippen LogP contribution in [0.5, 0.6) is 0 Å². The van der Waals surface area contributed by atoms with Crippen molar-refractivity contribution in [2.75, 3.05) is 32.7 Å². The zero-order valence-electron chi connectivity index (χ0n) is 19.7. The van der Waals surface area contributed by atoms with Crippen molar-refractivity contribution in [3.8, 4) is 0 Å². The van der Waals surface area contributed by atoms with Crippen LogP contribution in [0.4, 0.5) is 13.2 Å². The van der Waals surface area contributed by atoms with Crippen molar-refractivity contribution in [3.05, 3.63) is 70.8 Å². The molecule has 2 aromatic rings. The molecule has 2 amide bonds. The lowest BCUT2D eigenvalue weighted by Crippen LogP contribution is -2.48. The highest BCUT2D eigenvalue weighted by Gasteiger charge is 2.54. The minimum absolute atomic E-state index is 0.00886. The van der Waals surface area contributed by atoms with E-state index >= 15 is 0 Å². The van der Waals surface area contributed by atoms with Crippen molar-refractivity contribution in [2.24, 2.45) is 5.92 Å². The van der Waals surface area contributed by atoms with Crippen molar-refractivity contribution in [2.45, 2.75) is 37.0 Å². The number of nitrogens with zero attached hydrogens (tertiary/aromatic N) is 2. The van der Waals surface area contributed by atoms with E-state index in [-0.39, 0.29) is 11.8 Å². The van der Waals surface area contributed by atoms with Gasteiger partial charge < -0.3 is 15.3 Å². The van der Waals surface area contributed by atoms with Gasteiger partial charge in [-0.1, -0.05) is 48.0 Å². The number of hydrogen-bond donors (Lipinski definition) is 2. The Labute approximate surface area is 213 Å². The molecule has 0 aromatic heterocycles. The van der Waals surface area contributed by atoms with Gasteiger partial charge in [0.05, 0.1) is 6.42 Å². The van der Waals surface area contributed by atoms with Crippen molar-refractivity contribution in [1.29, 1.82) is 0 Å². The van der Waals surface area contributed by atoms with Crippen LogP contribution >= 0.6 is 11.6 Å². The number of halogens is 4. The molecule has 1 saturated heterocycles. The number of nitrogens with one attached hydrogen (secondary N) is 1. The van der Waals surface area contributed by atoms with Crippen molar-refractivity contribution in [1.82, 2.24) is 15.1 Å². The Morgan fingerprint density at radius 1 is 0.944 bits per heavy atom. The predicted octanol–water partition coefficient (Wildman–Crippen LogP) is 3.66. The average Bonchev–Trinajstić information content (AvgIpc) is 3.68. The standard InChI is InChI=1S/C26H29ClF3N3O3/c27-25(36,26(28,29)30)22-9-5-20(6-10-22)17-32-11-13-33(14-12-32)24(35)21-7-3-18(4-8-21)15-23(34)31-16-19-1-2-19/h3-10,19,36H,1-2,11-17H2,(H,31,34). The van der Waals surface area contributed by atoms with Crippen LogP contribution in [0.3, 0.4) is 0 Å². The Bertz CT molecular complexity index is 1060. The second-order valence-electron chi connectivity index (χ2n) is 9.51. The minimum Gasteiger partial charge on any atom is -0.364 e. The first-order valence-electron chi connectivity index (χ1n) is 12.0. The van der Waals surface area contributed by atoms with Crippen LogP contribution in [0.1, 0.15) is 39.9 Å². The summed E-state index contributed by atoms with van der Waals surface area (Å²) in [6, 6.07) is 12.5. The van der Waals surface area contributed by atoms with Crippen LogP contribution in [-0.4, -0.2) is 65.6 Å². The maximum atomic E-state index is 12.9. The molecule has 194 valence electrons. The zero-order valence-corrected chi connectivity index (χ0v) is 20.5. The van der Waals surface area contributed by atoms with Crippen molar-refractivity contribution >= 4 is 23.4 Å². The van der Waals surface area contributed by atoms with Gasteiger partial charge in [-0.25, -0.2) is 0 Å². The van der Waals surface area contributed by atoms with Gasteiger partial charge in [-0.05, 0) is 42.0 Å². The summed E-state index contributed by atoms with van der Waals surface area (Å²) in [5.74, 6) is 0.549. The third kappa shape index (κ3) is 6.57. The van der Waals surface area contributed by atoms with E-state index in [1.54, 1.807) is 17.0 Å². The molecule has 1 unspecified atom stereocenters. The Hall–Kier alpha value is -2.62. The Morgan fingerprint density at radius 2 is 1.53 bits per heavy atom. The molecule has 4 rings (SSSR count). The quantitative estimate of drug-likeness (QED) is 0.518. The molecule has 1 saturated carbocycles. The van der Waals surface area contributed by atoms with Crippen molar-refractivity contribution in [3.63, 3.8) is 0 Å². The molecule has 0 radical (unpaired) electrons. The van der Waals surface area contributed by atoms with Gasteiger partial charge in [-0.3, -0.25) is 14.5 Å². The molecule has 1 heterocycles. The summed E-state index contributed by atoms with van der Waals surface area (Å²) >= 11 is 5.30. The number of alkyl halides is 4. The molecule has 0 spiro atoms. The van der Waals surface area contributed by atoms with E-state index in [1.165, 1.54) is 37.1 Å². The summed E-state index contributed by atoms with van der Waals surface area (Å²) in [6.07, 6.45) is -2.32. The lowest BCUT2D eigenvalue weighted by Gasteiger charge is -2.35. The fraction of sp³-hybridized carbons (Fsp3) is 0.462. The van der Waals surface area contributed by atoms with E-state index in [9.17, 15) is 27.9 Å². The minimum atomic E-state index is -4.98. The van der Waals surface area contributed by atoms with E-state index in [0.717, 1.165) is 17.7 Å². The van der Waals surface area contributed by atoms with Crippen LogP contribution in [0.2, 0.25) is 0 Å². The first kappa shape index (κ1) is 26.4. The molecule has 36 heavy (non-hydrogen) atoms. The summed E-state index contributed by atoms with van der Waals surface area (Å²) < 4.78 is 38.7. The number of amides is 2. The fourth-order valence-electron chi connectivity index (χ4n) is 4.14. The first-order chi connectivity index (χ1) is 17.0. The number of hydrogen-bond acceptors (Lipinski definition) is 4. The molecular formula is C26H29ClF3N3O3. The topological polar surface area (TPSA) is 72.9 Å². The largest absolute Gasteiger partial charge is 0.436 e. The third-order valence-electron chi connectivity index (χ3n) is 6.63. The first-order valence-corrected chi connectivity index (χ1v) is 12.4. The Balaban J connectivity index is 1.24. The molecule has 1 aliphatic heterocycles. The summed E-state index contributed by atoms with van der Waals surface area (Å²) in [5.41, 5.74) is 1.78. The highest BCUT2D eigenvalue weighted by atomic mass is 35.5. The number of carbonyl (C=O) groups excluding carboxylic acids is 2. The van der Waals surface area contributed by atoms with E-state index in [4.69, 9.17) is 11.6 Å². The molecule has 6 nitrogen and oxygen atoms in total. The molecular weight excluding hydrogens is 495 g/mol. The molecule has 2 aromatic carbocycles. The van der Waals surface area contributed by atoms with Gasteiger partial charge in [-0.15, -0.1) is 0 Å². The molecule has 2 aliphatic rings. The summed E-state index contributed by atoms with van der Waals surface area (Å²) in [4.78, 5) is 28.8. The lowest BCUT2D eigenvalue weighted by molar-refractivity contribution is -0.228. The number of benzene rings is 2. The van der Waals surface area contributed by atoms with Gasteiger partial charge >= 0.3 is 6.18 Å². The monoisotopic (exact) mass is 523 g/mol. The number of carbonyl (C=O) groups is 2. The van der Waals surface area contributed by atoms with Gasteiger partial charge in [0.2, 0.25) is 5.91 Å². The third-order valence-corrected chi connectivity index (χ3v) is 7.06. The van der Waals surface area contributed by atoms with Crippen LogP contribution in [-0.2, 0) is 22.8 Å². The normalized spacial score (nSPS) is 18.5. The predicted molar refractivity (Wildman–Crippen MR) is 129 cm³/mol. The second-order valence-corrected chi connectivity index (χ2v) is 10.1. The fourth-order valence-corrected chi connectivity index (χ4v) is 4.26. The van der Waals surface area contributed by atoms with Gasteiger partial charge in [0.25, 0.3) is 11.0 Å². The van der Waals surface area contributed by atoms with Gasteiger partial charge in [-0.2, -0.15) is 13.2 Å². The molecule has 0 bridgehead atoms. The Kier molecular flexibility index (Phi) is 7.92. The number of aliphatic hydroxyl groups is 1. The van der Waals surface area contributed by atoms with Crippen LogP contribution in [0.25, 0.3) is 0 Å². The maximum Gasteiger partial charge on any atom is 0.436 e. The van der Waals surface area contributed by atoms with E-state index in [1.807, 2.05) is 12.1 Å². The summed E-state index contributed by atoms with van der Waals surface area (Å²) in [7, 11) is 0. The average molecular weight is 524 g/mol. The zero-order chi connectivity index (χ0) is 25.9. The molecule has 2 fully saturated rings. The van der Waals surface area contributed by atoms with Crippen LogP contribution < -0.4 is 5.32 Å². The van der Waals surface area contributed by atoms with E-state index in [2.05, 4.69) is 10.2 Å². The maximum absolute atomic E-state index is 12.9. The molecule has 1 aliphatic carbocycles. The van der Waals surface area contributed by atoms with Crippen molar-refractivity contribution < 1.29 is 27.9 Å². The summed E-state index contributed by atoms with van der Waals surface area (Å²) in [6.45, 7) is 3.53. The van der Waals surface area contributed by atoms with Crippen LogP contribution in [0.15, 0.2) is 48.5 Å². The number of piperazine rings is 1. The lowest BCUT2D eigenvalue weighted by atomic mass is 10.1. The highest BCUT2D eigenvalue weighted by Crippen LogP contribution is 2.42. The number of rotatable bonds is 8. The van der Waals surface area contributed by atoms with Crippen LogP contribution in [0, 0.1) is 5.92 Å². The summed E-state index contributed by atoms with van der Waals surface area (Å²) in [5, 5.41) is 9.10. The molecule has 10 heteroatoms. The highest BCUT2D eigenvalue weighted by molar-refractivity contribution is 6.23. The van der Waals surface area contributed by atoms with Gasteiger partial charge in [0, 0.05) is 50.4 Å². The second kappa shape index (κ2) is 10.8. The SMILES string of the molecule is O=C(Cc1ccc(C(=O)N2CCN(Cc3ccc(C(O)(Cl)C(F)(F)F)cc3)CC2)cc1)NCC1CC1. The molecule has 1 atom stereocenters. The van der Waals surface area contributed by atoms with Gasteiger partial charge in [0.15, 0.2) is 0 Å². The molecule has 2 N–H and O–H groups in total. The van der Waals surface area contributed by atoms with E-state index < -0.39 is 16.8 Å². The Morgan fingerprint density at radius 3 is 2.08 bits per heavy atom.